The molecule has 8 nitrogen and oxygen atoms in total. The Bertz CT molecular complexity index is 1970. The zero-order valence-electron chi connectivity index (χ0n) is 24.7. The van der Waals surface area contributed by atoms with E-state index in [-0.39, 0.29) is 23.9 Å². The van der Waals surface area contributed by atoms with E-state index in [0.29, 0.717) is 12.2 Å². The number of likely N-dealkylation sites (tertiary alicyclic amines) is 1. The van der Waals surface area contributed by atoms with Crippen LogP contribution in [0.4, 0.5) is 5.69 Å². The molecule has 5 aromatic rings. The number of aromatic amines is 1. The van der Waals surface area contributed by atoms with Gasteiger partial charge in [0, 0.05) is 42.8 Å². The first-order valence-electron chi connectivity index (χ1n) is 15.3. The summed E-state index contributed by atoms with van der Waals surface area (Å²) in [4.78, 5) is 38.1. The van der Waals surface area contributed by atoms with Gasteiger partial charge in [-0.25, -0.2) is 9.59 Å². The van der Waals surface area contributed by atoms with E-state index >= 15 is 0 Å². The van der Waals surface area contributed by atoms with Crippen molar-refractivity contribution < 1.29 is 9.53 Å². The van der Waals surface area contributed by atoms with Crippen LogP contribution in [0.25, 0.3) is 17.2 Å². The Morgan fingerprint density at radius 3 is 2.43 bits per heavy atom. The van der Waals surface area contributed by atoms with E-state index in [0.717, 1.165) is 65.3 Å². The highest BCUT2D eigenvalue weighted by Gasteiger charge is 2.25. The van der Waals surface area contributed by atoms with E-state index in [9.17, 15) is 9.59 Å². The van der Waals surface area contributed by atoms with Crippen LogP contribution >= 0.6 is 0 Å². The van der Waals surface area contributed by atoms with Crippen molar-refractivity contribution in [2.75, 3.05) is 24.6 Å². The number of carbonyl (C=O) groups excluding carboxylic acids is 1. The summed E-state index contributed by atoms with van der Waals surface area (Å²) < 4.78 is 7.27. The molecule has 1 aromatic heterocycles. The molecule has 0 spiro atoms. The number of aromatic nitrogens is 2. The number of carbonyl (C=O) groups is 1. The average Bonchev–Trinajstić information content (AvgIpc) is 3.40. The molecule has 0 radical (unpaired) electrons. The summed E-state index contributed by atoms with van der Waals surface area (Å²) in [5, 5.41) is 1.54. The van der Waals surface area contributed by atoms with Crippen LogP contribution in [0.2, 0.25) is 0 Å². The Balaban J connectivity index is 1.10. The summed E-state index contributed by atoms with van der Waals surface area (Å²) >= 11 is 0. The molecule has 0 amide bonds. The number of fused-ring (bicyclic) bond motifs is 2. The summed E-state index contributed by atoms with van der Waals surface area (Å²) in [6.07, 6.45) is 3.62. The smallest absolute Gasteiger partial charge is 0.338 e. The van der Waals surface area contributed by atoms with Gasteiger partial charge in [0.2, 0.25) is 0 Å². The van der Waals surface area contributed by atoms with Crippen LogP contribution in [0, 0.1) is 0 Å². The van der Waals surface area contributed by atoms with Gasteiger partial charge in [0.05, 0.1) is 28.6 Å². The first-order valence-corrected chi connectivity index (χ1v) is 15.3. The number of nitrogens with one attached hydrogen (secondary N) is 1. The van der Waals surface area contributed by atoms with Crippen molar-refractivity contribution in [3.63, 3.8) is 0 Å². The van der Waals surface area contributed by atoms with E-state index in [2.05, 4.69) is 51.2 Å². The van der Waals surface area contributed by atoms with Gasteiger partial charge in [-0.3, -0.25) is 14.5 Å². The third kappa shape index (κ3) is 5.33. The van der Waals surface area contributed by atoms with E-state index in [1.807, 2.05) is 72.3 Å². The van der Waals surface area contributed by atoms with Crippen molar-refractivity contribution in [2.24, 2.45) is 4.99 Å². The molecule has 222 valence electrons. The van der Waals surface area contributed by atoms with Gasteiger partial charge >= 0.3 is 11.7 Å². The molecule has 0 saturated carbocycles. The van der Waals surface area contributed by atoms with E-state index in [1.54, 1.807) is 6.07 Å². The Labute approximate surface area is 255 Å². The number of para-hydroxylation sites is 3. The van der Waals surface area contributed by atoms with Gasteiger partial charge < -0.3 is 14.6 Å². The quantitative estimate of drug-likeness (QED) is 0.274. The Morgan fingerprint density at radius 1 is 0.909 bits per heavy atom. The maximum Gasteiger partial charge on any atom is 0.338 e. The fourth-order valence-electron chi connectivity index (χ4n) is 6.47. The van der Waals surface area contributed by atoms with E-state index < -0.39 is 0 Å². The second-order valence-corrected chi connectivity index (χ2v) is 11.4. The minimum Gasteiger partial charge on any atom is -0.462 e. The number of hydrogen-bond acceptors (Lipinski definition) is 6. The third-order valence-corrected chi connectivity index (χ3v) is 8.66. The highest BCUT2D eigenvalue weighted by molar-refractivity contribution is 5.90. The highest BCUT2D eigenvalue weighted by atomic mass is 16.5. The van der Waals surface area contributed by atoms with Gasteiger partial charge in [0.1, 0.15) is 0 Å². The molecule has 0 aliphatic carbocycles. The van der Waals surface area contributed by atoms with Crippen molar-refractivity contribution in [3.05, 3.63) is 135 Å². The molecule has 44 heavy (non-hydrogen) atoms. The minimum atomic E-state index is -0.343. The number of H-pyrrole nitrogens is 1. The lowest BCUT2D eigenvalue weighted by Gasteiger charge is -2.33. The van der Waals surface area contributed by atoms with Gasteiger partial charge in [0.25, 0.3) is 0 Å². The van der Waals surface area contributed by atoms with Crippen LogP contribution in [0.3, 0.4) is 0 Å². The first-order chi connectivity index (χ1) is 21.6. The van der Waals surface area contributed by atoms with Crippen molar-refractivity contribution in [2.45, 2.75) is 38.5 Å². The highest BCUT2D eigenvalue weighted by Crippen LogP contribution is 2.31. The number of esters is 1. The van der Waals surface area contributed by atoms with Crippen molar-refractivity contribution in [3.8, 4) is 0 Å². The molecule has 1 atom stereocenters. The predicted molar refractivity (Wildman–Crippen MR) is 172 cm³/mol. The lowest BCUT2D eigenvalue weighted by atomic mass is 10.0. The Kier molecular flexibility index (Phi) is 7.58. The maximum atomic E-state index is 12.7. The molecule has 7 rings (SSSR count). The monoisotopic (exact) mass is 585 g/mol. The van der Waals surface area contributed by atoms with Crippen LogP contribution in [-0.4, -0.2) is 40.1 Å². The number of nitrogens with zero attached hydrogens (tertiary/aromatic N) is 4. The minimum absolute atomic E-state index is 0.0186. The first kappa shape index (κ1) is 27.9. The Morgan fingerprint density at radius 2 is 1.66 bits per heavy atom. The molecule has 4 aromatic carbocycles. The fraction of sp³-hybridized carbons (Fsp3) is 0.250. The topological polar surface area (TPSA) is 82.9 Å². The van der Waals surface area contributed by atoms with Crippen LogP contribution in [-0.2, 0) is 11.3 Å². The van der Waals surface area contributed by atoms with Gasteiger partial charge in [0.15, 0.2) is 6.17 Å². The zero-order valence-corrected chi connectivity index (χ0v) is 24.7. The van der Waals surface area contributed by atoms with Crippen LogP contribution < -0.4 is 21.2 Å². The maximum absolute atomic E-state index is 12.7. The number of piperidine rings is 1. The summed E-state index contributed by atoms with van der Waals surface area (Å²) in [7, 11) is 0. The molecule has 8 heteroatoms. The number of ether oxygens (including phenoxy) is 1. The van der Waals surface area contributed by atoms with Crippen LogP contribution in [0.1, 0.15) is 53.5 Å². The number of hydrogen-bond donors (Lipinski definition) is 1. The zero-order chi connectivity index (χ0) is 30.0. The molecule has 1 unspecified atom stereocenters. The van der Waals surface area contributed by atoms with Crippen molar-refractivity contribution >= 4 is 28.9 Å². The SMILES string of the molecule is CCOC(=O)c1cccc2c1=CN(c1ccccc1)C(c1ccc(CN3CCC(n4c(=O)[nH]c5ccccc54)CC3)cc1)N=2. The van der Waals surface area contributed by atoms with E-state index in [4.69, 9.17) is 9.73 Å². The summed E-state index contributed by atoms with van der Waals surface area (Å²) in [6, 6.07) is 32.6. The van der Waals surface area contributed by atoms with Crippen LogP contribution in [0.15, 0.2) is 107 Å². The summed E-state index contributed by atoms with van der Waals surface area (Å²) in [6.45, 7) is 4.86. The van der Waals surface area contributed by atoms with Crippen molar-refractivity contribution in [1.82, 2.24) is 14.5 Å². The fourth-order valence-corrected chi connectivity index (χ4v) is 6.47. The second-order valence-electron chi connectivity index (χ2n) is 11.4. The normalized spacial score (nSPS) is 17.1. The average molecular weight is 586 g/mol. The molecule has 0 bridgehead atoms. The summed E-state index contributed by atoms with van der Waals surface area (Å²) in [5.41, 5.74) is 5.69. The van der Waals surface area contributed by atoms with Gasteiger partial charge in [-0.15, -0.1) is 0 Å². The molecule has 1 saturated heterocycles. The Hall–Kier alpha value is -4.95. The molecule has 1 fully saturated rings. The van der Waals surface area contributed by atoms with E-state index in [1.165, 1.54) is 5.56 Å². The molecular formula is C36H35N5O3. The largest absolute Gasteiger partial charge is 0.462 e. The molecule has 1 N–H and O–H groups in total. The molecular weight excluding hydrogens is 550 g/mol. The molecule has 3 heterocycles. The van der Waals surface area contributed by atoms with Crippen LogP contribution in [0.5, 0.6) is 0 Å². The van der Waals surface area contributed by atoms with Gasteiger partial charge in [-0.2, -0.15) is 0 Å². The molecule has 2 aliphatic heterocycles. The number of anilines is 1. The standard InChI is InChI=1S/C36H35N5O3/c1-2-44-35(42)29-11-8-13-31-30(29)24-40(27-9-4-3-5-10-27)34(37-31)26-17-15-25(16-18-26)23-39-21-19-28(20-22-39)41-33-14-7-6-12-32(33)38-36(41)43/h3-18,24,28,34H,2,19-23H2,1H3,(H,38,43). The number of rotatable bonds is 7. The van der Waals surface area contributed by atoms with Gasteiger partial charge in [-0.05, 0) is 67.3 Å². The number of imidazole rings is 1. The third-order valence-electron chi connectivity index (χ3n) is 8.66. The van der Waals surface area contributed by atoms with Gasteiger partial charge in [-0.1, -0.05) is 60.7 Å². The predicted octanol–water partition coefficient (Wildman–Crippen LogP) is 4.92. The van der Waals surface area contributed by atoms with Crippen molar-refractivity contribution in [1.29, 1.82) is 0 Å². The lowest BCUT2D eigenvalue weighted by Crippen LogP contribution is -2.41. The number of benzene rings is 4. The molecule has 2 aliphatic rings. The summed E-state index contributed by atoms with van der Waals surface area (Å²) in [5.74, 6) is -0.343. The lowest BCUT2D eigenvalue weighted by molar-refractivity contribution is 0.0524. The second kappa shape index (κ2) is 12.0.